The molecule has 0 fully saturated rings. The summed E-state index contributed by atoms with van der Waals surface area (Å²) in [6, 6.07) is 15.3. The highest BCUT2D eigenvalue weighted by molar-refractivity contribution is 5.84. The number of nitrogens with one attached hydrogen (secondary N) is 1. The third kappa shape index (κ3) is 2.99. The van der Waals surface area contributed by atoms with Gasteiger partial charge in [-0.05, 0) is 23.8 Å². The first-order chi connectivity index (χ1) is 10.8. The molecule has 0 unspecified atom stereocenters. The lowest BCUT2D eigenvalue weighted by Gasteiger charge is -2.07. The number of hydrogen-bond donors (Lipinski definition) is 1. The van der Waals surface area contributed by atoms with Gasteiger partial charge in [-0.2, -0.15) is 5.10 Å². The molecular weight excluding hydrogens is 280 g/mol. The van der Waals surface area contributed by atoms with Crippen LogP contribution in [-0.4, -0.2) is 17.3 Å². The molecule has 0 saturated carbocycles. The number of H-pyrrole nitrogens is 1. The van der Waals surface area contributed by atoms with Crippen molar-refractivity contribution in [2.24, 2.45) is 0 Å². The van der Waals surface area contributed by atoms with Gasteiger partial charge in [-0.3, -0.25) is 4.79 Å². The van der Waals surface area contributed by atoms with E-state index in [9.17, 15) is 4.79 Å². The number of aromatic nitrogens is 2. The van der Waals surface area contributed by atoms with Crippen molar-refractivity contribution < 1.29 is 9.47 Å². The molecule has 1 N–H and O–H groups in total. The number of hydrogen-bond acceptors (Lipinski definition) is 4. The van der Waals surface area contributed by atoms with Gasteiger partial charge in [0, 0.05) is 5.39 Å². The van der Waals surface area contributed by atoms with Gasteiger partial charge in [-0.1, -0.05) is 30.3 Å². The SMILES string of the molecule is COc1ccc2c(COCc3ccccc3)n[nH]c(=O)c2c1. The Morgan fingerprint density at radius 3 is 2.64 bits per heavy atom. The van der Waals surface area contributed by atoms with Crippen molar-refractivity contribution in [1.82, 2.24) is 10.2 Å². The third-order valence-electron chi connectivity index (χ3n) is 3.43. The minimum atomic E-state index is -0.235. The van der Waals surface area contributed by atoms with Crippen LogP contribution in [0.1, 0.15) is 11.3 Å². The Bertz CT molecular complexity index is 828. The largest absolute Gasteiger partial charge is 0.497 e. The first kappa shape index (κ1) is 14.3. The van der Waals surface area contributed by atoms with Gasteiger partial charge in [0.1, 0.15) is 5.75 Å². The molecule has 1 aromatic heterocycles. The van der Waals surface area contributed by atoms with Crippen molar-refractivity contribution in [1.29, 1.82) is 0 Å². The van der Waals surface area contributed by atoms with Crippen LogP contribution in [0.5, 0.6) is 5.75 Å². The van der Waals surface area contributed by atoms with E-state index in [2.05, 4.69) is 10.2 Å². The fourth-order valence-electron chi connectivity index (χ4n) is 2.28. The van der Waals surface area contributed by atoms with Gasteiger partial charge in [0.15, 0.2) is 0 Å². The summed E-state index contributed by atoms with van der Waals surface area (Å²) in [7, 11) is 1.57. The van der Waals surface area contributed by atoms with E-state index >= 15 is 0 Å². The zero-order valence-corrected chi connectivity index (χ0v) is 12.2. The number of rotatable bonds is 5. The maximum Gasteiger partial charge on any atom is 0.272 e. The highest BCUT2D eigenvalue weighted by Crippen LogP contribution is 2.20. The summed E-state index contributed by atoms with van der Waals surface area (Å²) in [5.41, 5.74) is 1.56. The number of nitrogens with zero attached hydrogens (tertiary/aromatic N) is 1. The van der Waals surface area contributed by atoms with Crippen molar-refractivity contribution in [3.63, 3.8) is 0 Å². The molecule has 5 nitrogen and oxygen atoms in total. The van der Waals surface area contributed by atoms with Crippen LogP contribution in [0.25, 0.3) is 10.8 Å². The van der Waals surface area contributed by atoms with Crippen molar-refractivity contribution in [2.75, 3.05) is 7.11 Å². The Balaban J connectivity index is 1.82. The highest BCUT2D eigenvalue weighted by Gasteiger charge is 2.08. The predicted octanol–water partition coefficient (Wildman–Crippen LogP) is 2.65. The van der Waals surface area contributed by atoms with E-state index in [-0.39, 0.29) is 5.56 Å². The van der Waals surface area contributed by atoms with Gasteiger partial charge < -0.3 is 9.47 Å². The van der Waals surface area contributed by atoms with E-state index in [4.69, 9.17) is 9.47 Å². The first-order valence-corrected chi connectivity index (χ1v) is 6.95. The minimum absolute atomic E-state index is 0.235. The lowest BCUT2D eigenvalue weighted by molar-refractivity contribution is 0.105. The summed E-state index contributed by atoms with van der Waals surface area (Å²) in [6.07, 6.45) is 0. The van der Waals surface area contributed by atoms with Crippen LogP contribution in [0.15, 0.2) is 53.3 Å². The molecule has 0 bridgehead atoms. The summed E-state index contributed by atoms with van der Waals surface area (Å²) in [6.45, 7) is 0.827. The highest BCUT2D eigenvalue weighted by atomic mass is 16.5. The molecule has 0 amide bonds. The second kappa shape index (κ2) is 6.41. The van der Waals surface area contributed by atoms with Crippen LogP contribution in [0.3, 0.4) is 0 Å². The van der Waals surface area contributed by atoms with Crippen LogP contribution >= 0.6 is 0 Å². The summed E-state index contributed by atoms with van der Waals surface area (Å²) in [4.78, 5) is 11.9. The molecule has 0 aliphatic heterocycles. The first-order valence-electron chi connectivity index (χ1n) is 6.95. The topological polar surface area (TPSA) is 64.2 Å². The Morgan fingerprint density at radius 2 is 1.86 bits per heavy atom. The monoisotopic (exact) mass is 296 g/mol. The molecule has 5 heteroatoms. The van der Waals surface area contributed by atoms with Gasteiger partial charge in [0.25, 0.3) is 5.56 Å². The van der Waals surface area contributed by atoms with Crippen LogP contribution in [-0.2, 0) is 18.0 Å². The van der Waals surface area contributed by atoms with Crippen molar-refractivity contribution >= 4 is 10.8 Å². The van der Waals surface area contributed by atoms with Gasteiger partial charge in [0.2, 0.25) is 0 Å². The smallest absolute Gasteiger partial charge is 0.272 e. The standard InChI is InChI=1S/C17H16N2O3/c1-21-13-7-8-14-15(9-13)17(20)19-18-16(14)11-22-10-12-5-3-2-4-6-12/h2-9H,10-11H2,1H3,(H,19,20). The van der Waals surface area contributed by atoms with Gasteiger partial charge in [0.05, 0.1) is 31.4 Å². The summed E-state index contributed by atoms with van der Waals surface area (Å²) in [5.74, 6) is 0.639. The van der Waals surface area contributed by atoms with Crippen LogP contribution < -0.4 is 10.3 Å². The molecule has 0 atom stereocenters. The lowest BCUT2D eigenvalue weighted by Crippen LogP contribution is -2.12. The van der Waals surface area contributed by atoms with Gasteiger partial charge in [-0.25, -0.2) is 5.10 Å². The fraction of sp³-hybridized carbons (Fsp3) is 0.176. The number of aromatic amines is 1. The molecule has 0 aliphatic carbocycles. The average molecular weight is 296 g/mol. The molecule has 112 valence electrons. The fourth-order valence-corrected chi connectivity index (χ4v) is 2.28. The van der Waals surface area contributed by atoms with E-state index in [1.54, 1.807) is 13.2 Å². The Morgan fingerprint density at radius 1 is 1.05 bits per heavy atom. The van der Waals surface area contributed by atoms with Crippen molar-refractivity contribution in [2.45, 2.75) is 13.2 Å². The van der Waals surface area contributed by atoms with Crippen molar-refractivity contribution in [3.05, 3.63) is 70.1 Å². The molecule has 2 aromatic carbocycles. The van der Waals surface area contributed by atoms with Crippen LogP contribution in [0.4, 0.5) is 0 Å². The average Bonchev–Trinajstić information content (AvgIpc) is 2.57. The molecule has 1 heterocycles. The minimum Gasteiger partial charge on any atom is -0.497 e. The maximum absolute atomic E-state index is 11.9. The third-order valence-corrected chi connectivity index (χ3v) is 3.43. The molecule has 0 spiro atoms. The van der Waals surface area contributed by atoms with E-state index in [0.29, 0.717) is 30.0 Å². The van der Waals surface area contributed by atoms with E-state index in [0.717, 1.165) is 10.9 Å². The zero-order chi connectivity index (χ0) is 15.4. The van der Waals surface area contributed by atoms with Crippen LogP contribution in [0, 0.1) is 0 Å². The molecule has 3 aromatic rings. The molecule has 0 aliphatic rings. The normalized spacial score (nSPS) is 10.8. The van der Waals surface area contributed by atoms with Gasteiger partial charge in [-0.15, -0.1) is 0 Å². The summed E-state index contributed by atoms with van der Waals surface area (Å²) in [5, 5.41) is 7.92. The van der Waals surface area contributed by atoms with E-state index in [1.807, 2.05) is 42.5 Å². The summed E-state index contributed by atoms with van der Waals surface area (Å²) < 4.78 is 10.8. The number of ether oxygens (including phenoxy) is 2. The van der Waals surface area contributed by atoms with Crippen molar-refractivity contribution in [3.8, 4) is 5.75 Å². The van der Waals surface area contributed by atoms with Crippen LogP contribution in [0.2, 0.25) is 0 Å². The number of methoxy groups -OCH3 is 1. The Labute approximate surface area is 127 Å². The van der Waals surface area contributed by atoms with E-state index < -0.39 is 0 Å². The number of fused-ring (bicyclic) bond motifs is 1. The molecule has 0 radical (unpaired) electrons. The zero-order valence-electron chi connectivity index (χ0n) is 12.2. The molecular formula is C17H16N2O3. The van der Waals surface area contributed by atoms with E-state index in [1.165, 1.54) is 0 Å². The van der Waals surface area contributed by atoms with Gasteiger partial charge >= 0.3 is 0 Å². The Hall–Kier alpha value is -2.66. The molecule has 0 saturated heterocycles. The maximum atomic E-state index is 11.9. The second-order valence-electron chi connectivity index (χ2n) is 4.89. The number of benzene rings is 2. The molecule has 3 rings (SSSR count). The predicted molar refractivity (Wildman–Crippen MR) is 83.9 cm³/mol. The summed E-state index contributed by atoms with van der Waals surface area (Å²) >= 11 is 0. The Kier molecular flexibility index (Phi) is 4.16. The second-order valence-corrected chi connectivity index (χ2v) is 4.89. The molecule has 22 heavy (non-hydrogen) atoms. The lowest BCUT2D eigenvalue weighted by atomic mass is 10.1. The quantitative estimate of drug-likeness (QED) is 0.786.